The Balaban J connectivity index is 1.06. The average Bonchev–Trinajstić information content (AvgIpc) is 3.99. The van der Waals surface area contributed by atoms with Crippen LogP contribution in [0.25, 0.3) is 83.4 Å². The van der Waals surface area contributed by atoms with Gasteiger partial charge in [-0.1, -0.05) is 195 Å². The molecule has 8 aromatic carbocycles. The van der Waals surface area contributed by atoms with Gasteiger partial charge in [-0.15, -0.1) is 0 Å². The summed E-state index contributed by atoms with van der Waals surface area (Å²) in [6.45, 7) is 17.8. The van der Waals surface area contributed by atoms with Crippen molar-refractivity contribution in [1.82, 2.24) is 14.1 Å². The number of pyridine rings is 1. The molecule has 0 atom stereocenters. The summed E-state index contributed by atoms with van der Waals surface area (Å²) in [5.74, 6) is 2.09. The lowest BCUT2D eigenvalue weighted by atomic mass is 9.85. The van der Waals surface area contributed by atoms with Crippen LogP contribution in [-0.4, -0.2) is 14.1 Å². The maximum atomic E-state index is 9.07. The number of nitrogens with zero attached hydrogens (tertiary/aromatic N) is 4. The molecule has 0 N–H and O–H groups in total. The fourth-order valence-corrected chi connectivity index (χ4v) is 9.42. The summed E-state index contributed by atoms with van der Waals surface area (Å²) in [6.07, 6.45) is 5.47. The standard InChI is InChI=1S/C65H58N4O/c1-43(2)55-40-62(66-41-57(55)46-29-31-47(32-30-46)64(3,4)5)69-58-36-33-48(65(6,7)8)37-56(58)54-35-34-51(39-61(54)69)70-50-24-17-23-49(38-50)67-42-68(60-28-16-15-27-59(60)67)63-52(44-19-11-9-12-20-44)25-18-26-53(63)45-21-13-10-14-22-45/h9-41,43H,1-8H3/i9D,10D,11D,12D,13D,14D,19D,20D,21D,22D. The van der Waals surface area contributed by atoms with E-state index in [2.05, 4.69) is 127 Å². The van der Waals surface area contributed by atoms with E-state index < -0.39 is 60.4 Å². The van der Waals surface area contributed by atoms with Crippen molar-refractivity contribution in [3.8, 4) is 62.1 Å². The Kier molecular flexibility index (Phi) is 8.57. The van der Waals surface area contributed by atoms with E-state index >= 15 is 0 Å². The minimum absolute atomic E-state index is 0.0319. The molecule has 0 saturated heterocycles. The summed E-state index contributed by atoms with van der Waals surface area (Å²) < 4.78 is 100.0. The molecule has 5 nitrogen and oxygen atoms in total. The van der Waals surface area contributed by atoms with Crippen molar-refractivity contribution in [2.75, 3.05) is 0 Å². The van der Waals surface area contributed by atoms with Crippen LogP contribution in [0.4, 0.5) is 0 Å². The van der Waals surface area contributed by atoms with E-state index in [1.54, 1.807) is 27.3 Å². The number of aromatic nitrogens is 4. The van der Waals surface area contributed by atoms with Gasteiger partial charge in [-0.3, -0.25) is 13.7 Å². The van der Waals surface area contributed by atoms with Crippen molar-refractivity contribution in [2.24, 2.45) is 0 Å². The van der Waals surface area contributed by atoms with Crippen molar-refractivity contribution >= 4 is 32.8 Å². The highest BCUT2D eigenvalue weighted by Crippen LogP contribution is 2.40. The maximum Gasteiger partial charge on any atom is 0.269 e. The first-order valence-corrected chi connectivity index (χ1v) is 23.7. The minimum atomic E-state index is -0.567. The Morgan fingerprint density at radius 1 is 0.557 bits per heavy atom. The molecule has 11 aromatic rings. The van der Waals surface area contributed by atoms with Gasteiger partial charge in [-0.05, 0) is 110 Å². The number of para-hydroxylation sites is 3. The lowest BCUT2D eigenvalue weighted by Gasteiger charge is -2.20. The molecule has 0 amide bonds. The summed E-state index contributed by atoms with van der Waals surface area (Å²) in [5.41, 5.74) is 9.83. The van der Waals surface area contributed by atoms with Crippen LogP contribution in [0.5, 0.6) is 11.5 Å². The maximum absolute atomic E-state index is 9.07. The molecule has 0 aliphatic carbocycles. The molecule has 0 fully saturated rings. The van der Waals surface area contributed by atoms with Crippen LogP contribution in [0.15, 0.2) is 200 Å². The van der Waals surface area contributed by atoms with Crippen molar-refractivity contribution in [2.45, 2.75) is 72.1 Å². The van der Waals surface area contributed by atoms with Crippen LogP contribution >= 0.6 is 0 Å². The second-order valence-corrected chi connectivity index (χ2v) is 20.2. The molecule has 0 bridgehead atoms. The summed E-state index contributed by atoms with van der Waals surface area (Å²) in [4.78, 5) is 5.20. The van der Waals surface area contributed by atoms with Gasteiger partial charge in [0.15, 0.2) is 0 Å². The van der Waals surface area contributed by atoms with E-state index in [0.717, 1.165) is 38.8 Å². The van der Waals surface area contributed by atoms with Crippen molar-refractivity contribution in [3.05, 3.63) is 223 Å². The zero-order valence-electron chi connectivity index (χ0n) is 50.6. The number of rotatable bonds is 9. The fraction of sp³-hybridized carbons (Fsp3) is 0.169. The molecular weight excluding hydrogens is 853 g/mol. The number of ether oxygens (including phenoxy) is 1. The zero-order valence-corrected chi connectivity index (χ0v) is 40.6. The molecule has 5 heteroatoms. The molecule has 0 radical (unpaired) electrons. The van der Waals surface area contributed by atoms with Gasteiger partial charge in [0.1, 0.15) is 17.3 Å². The fourth-order valence-electron chi connectivity index (χ4n) is 9.42. The molecule has 0 aliphatic rings. The first-order valence-electron chi connectivity index (χ1n) is 28.7. The molecule has 3 heterocycles. The second-order valence-electron chi connectivity index (χ2n) is 20.2. The normalized spacial score (nSPS) is 14.1. The SMILES string of the molecule is [2H]c1c([2H])c([2H])c(-c2cccc(-c3c([2H])c([2H])c([2H])c([2H])c3[2H])c2-[n+]2[c-]n(-c3cccc(Oc4ccc5c6cc(C(C)(C)C)ccc6n(-c6cc(C(C)C)c(-c7ccc(C(C)(C)C)cc7)cn6)c5c4)c3)c3ccccc32)c([2H])c1[2H]. The van der Waals surface area contributed by atoms with Gasteiger partial charge in [0.2, 0.25) is 0 Å². The Hall–Kier alpha value is -8.02. The molecule has 0 spiro atoms. The Morgan fingerprint density at radius 3 is 1.87 bits per heavy atom. The van der Waals surface area contributed by atoms with Crippen LogP contribution in [-0.2, 0) is 10.8 Å². The van der Waals surface area contributed by atoms with E-state index in [0.29, 0.717) is 28.2 Å². The quantitative estimate of drug-likeness (QED) is 0.107. The summed E-state index contributed by atoms with van der Waals surface area (Å²) in [5, 5.41) is 2.15. The first kappa shape index (κ1) is 34.3. The van der Waals surface area contributed by atoms with E-state index in [1.807, 2.05) is 60.8 Å². The molecular formula is C65H58N4O. The van der Waals surface area contributed by atoms with Crippen LogP contribution in [0, 0.1) is 6.33 Å². The predicted molar refractivity (Wildman–Crippen MR) is 290 cm³/mol. The summed E-state index contributed by atoms with van der Waals surface area (Å²) in [6, 6.07) is 38.3. The van der Waals surface area contributed by atoms with Crippen LogP contribution < -0.4 is 9.30 Å². The van der Waals surface area contributed by atoms with Crippen LogP contribution in [0.2, 0.25) is 0 Å². The number of hydrogen-bond donors (Lipinski definition) is 0. The third-order valence-corrected chi connectivity index (χ3v) is 13.1. The largest absolute Gasteiger partial charge is 0.458 e. The number of imidazole rings is 1. The third-order valence-electron chi connectivity index (χ3n) is 13.1. The van der Waals surface area contributed by atoms with Gasteiger partial charge in [0.25, 0.3) is 6.33 Å². The van der Waals surface area contributed by atoms with Gasteiger partial charge in [-0.25, -0.2) is 4.98 Å². The van der Waals surface area contributed by atoms with Crippen LogP contribution in [0.3, 0.4) is 0 Å². The Labute approximate surface area is 426 Å². The van der Waals surface area contributed by atoms with Crippen molar-refractivity contribution in [1.29, 1.82) is 0 Å². The monoisotopic (exact) mass is 921 g/mol. The highest BCUT2D eigenvalue weighted by molar-refractivity contribution is 6.10. The molecule has 0 unspecified atom stereocenters. The Bertz CT molecular complexity index is 4190. The van der Waals surface area contributed by atoms with Crippen LogP contribution in [0.1, 0.15) is 91.7 Å². The summed E-state index contributed by atoms with van der Waals surface area (Å²) >= 11 is 0. The lowest BCUT2D eigenvalue weighted by Crippen LogP contribution is -2.31. The van der Waals surface area contributed by atoms with E-state index in [1.165, 1.54) is 16.7 Å². The van der Waals surface area contributed by atoms with Crippen molar-refractivity contribution in [3.63, 3.8) is 0 Å². The molecule has 11 rings (SSSR count). The topological polar surface area (TPSA) is 35.9 Å². The van der Waals surface area contributed by atoms with Gasteiger partial charge in [-0.2, -0.15) is 0 Å². The third kappa shape index (κ3) is 8.15. The van der Waals surface area contributed by atoms with Gasteiger partial charge < -0.3 is 4.74 Å². The van der Waals surface area contributed by atoms with E-state index in [4.69, 9.17) is 23.4 Å². The minimum Gasteiger partial charge on any atom is -0.458 e. The lowest BCUT2D eigenvalue weighted by molar-refractivity contribution is -0.571. The van der Waals surface area contributed by atoms with Gasteiger partial charge in [0.05, 0.1) is 47.1 Å². The highest BCUT2D eigenvalue weighted by atomic mass is 16.5. The smallest absolute Gasteiger partial charge is 0.269 e. The predicted octanol–water partition coefficient (Wildman–Crippen LogP) is 16.7. The zero-order chi connectivity index (χ0) is 57.0. The molecule has 344 valence electrons. The molecule has 3 aromatic heterocycles. The van der Waals surface area contributed by atoms with E-state index in [-0.39, 0.29) is 44.7 Å². The first-order chi connectivity index (χ1) is 37.9. The highest BCUT2D eigenvalue weighted by Gasteiger charge is 2.23. The molecule has 0 aliphatic heterocycles. The van der Waals surface area contributed by atoms with Gasteiger partial charge >= 0.3 is 0 Å². The number of hydrogen-bond acceptors (Lipinski definition) is 2. The van der Waals surface area contributed by atoms with Crippen molar-refractivity contribution < 1.29 is 23.0 Å². The average molecular weight is 921 g/mol. The van der Waals surface area contributed by atoms with Gasteiger partial charge in [0, 0.05) is 28.6 Å². The van der Waals surface area contributed by atoms with E-state index in [9.17, 15) is 0 Å². The summed E-state index contributed by atoms with van der Waals surface area (Å²) in [7, 11) is 0. The second kappa shape index (κ2) is 17.5. The Morgan fingerprint density at radius 2 is 1.20 bits per heavy atom. The molecule has 70 heavy (non-hydrogen) atoms. The number of benzene rings is 8. The number of fused-ring (bicyclic) bond motifs is 4. The molecule has 0 saturated carbocycles.